The summed E-state index contributed by atoms with van der Waals surface area (Å²) in [5.74, 6) is 1.25. The van der Waals surface area contributed by atoms with E-state index in [0.29, 0.717) is 17.2 Å². The molecule has 0 spiro atoms. The van der Waals surface area contributed by atoms with Crippen LogP contribution in [0.2, 0.25) is 0 Å². The van der Waals surface area contributed by atoms with E-state index in [-0.39, 0.29) is 0 Å². The number of nitrogens with two attached hydrogens (primary N) is 1. The molecule has 5 heteroatoms. The second-order valence-corrected chi connectivity index (χ2v) is 5.00. The van der Waals surface area contributed by atoms with Crippen molar-refractivity contribution >= 4 is 32.7 Å². The maximum absolute atomic E-state index is 5.95. The molecule has 2 N–H and O–H groups in total. The lowest BCUT2D eigenvalue weighted by atomic mass is 10.2. The monoisotopic (exact) mass is 318 g/mol. The van der Waals surface area contributed by atoms with Crippen LogP contribution in [-0.4, -0.2) is 12.1 Å². The second kappa shape index (κ2) is 4.59. The Hall–Kier alpha value is -2.01. The molecule has 0 aliphatic carbocycles. The molecule has 0 aliphatic rings. The van der Waals surface area contributed by atoms with Gasteiger partial charge in [0.2, 0.25) is 5.89 Å². The van der Waals surface area contributed by atoms with Gasteiger partial charge in [-0.15, -0.1) is 0 Å². The number of rotatable bonds is 2. The molecule has 0 atom stereocenters. The van der Waals surface area contributed by atoms with Gasteiger partial charge in [0, 0.05) is 16.2 Å². The van der Waals surface area contributed by atoms with Crippen LogP contribution in [-0.2, 0) is 0 Å². The van der Waals surface area contributed by atoms with E-state index in [1.807, 2.05) is 36.4 Å². The van der Waals surface area contributed by atoms with Gasteiger partial charge in [-0.25, -0.2) is 4.98 Å². The van der Waals surface area contributed by atoms with Crippen LogP contribution in [0.1, 0.15) is 0 Å². The van der Waals surface area contributed by atoms with E-state index in [0.717, 1.165) is 21.3 Å². The van der Waals surface area contributed by atoms with Crippen molar-refractivity contribution in [1.82, 2.24) is 4.98 Å². The minimum absolute atomic E-state index is 0.502. The molecule has 2 aromatic carbocycles. The van der Waals surface area contributed by atoms with E-state index in [1.54, 1.807) is 7.11 Å². The fraction of sp³-hybridized carbons (Fsp3) is 0.0714. The van der Waals surface area contributed by atoms with Gasteiger partial charge in [0.25, 0.3) is 0 Å². The molecule has 0 amide bonds. The van der Waals surface area contributed by atoms with Crippen LogP contribution >= 0.6 is 15.9 Å². The van der Waals surface area contributed by atoms with Crippen LogP contribution in [0.5, 0.6) is 5.75 Å². The molecular formula is C14H11BrN2O2. The Morgan fingerprint density at radius 2 is 2.05 bits per heavy atom. The Morgan fingerprint density at radius 1 is 1.21 bits per heavy atom. The van der Waals surface area contributed by atoms with Crippen molar-refractivity contribution in [2.24, 2.45) is 0 Å². The average molecular weight is 319 g/mol. The molecule has 0 aliphatic heterocycles. The zero-order valence-electron chi connectivity index (χ0n) is 10.2. The average Bonchev–Trinajstić information content (AvgIpc) is 2.83. The highest BCUT2D eigenvalue weighted by Crippen LogP contribution is 2.31. The molecule has 0 bridgehead atoms. The first-order valence-electron chi connectivity index (χ1n) is 5.67. The molecule has 1 heterocycles. The van der Waals surface area contributed by atoms with E-state index >= 15 is 0 Å². The number of anilines is 1. The van der Waals surface area contributed by atoms with Crippen molar-refractivity contribution in [1.29, 1.82) is 0 Å². The number of benzene rings is 2. The van der Waals surface area contributed by atoms with Gasteiger partial charge in [0.1, 0.15) is 11.3 Å². The molecule has 4 nitrogen and oxygen atoms in total. The fourth-order valence-corrected chi connectivity index (χ4v) is 2.22. The predicted octanol–water partition coefficient (Wildman–Crippen LogP) is 3.85. The SMILES string of the molecule is COc1ccc2oc(-c3cc(Br)ccc3N)nc2c1. The van der Waals surface area contributed by atoms with Crippen LogP contribution < -0.4 is 10.5 Å². The Kier molecular flexibility index (Phi) is 2.91. The number of hydrogen-bond acceptors (Lipinski definition) is 4. The summed E-state index contributed by atoms with van der Waals surface area (Å²) in [4.78, 5) is 4.45. The Bertz CT molecular complexity index is 752. The number of nitrogen functional groups attached to an aromatic ring is 1. The molecule has 0 radical (unpaired) electrons. The van der Waals surface area contributed by atoms with Gasteiger partial charge in [-0.2, -0.15) is 0 Å². The predicted molar refractivity (Wildman–Crippen MR) is 78.1 cm³/mol. The fourth-order valence-electron chi connectivity index (χ4n) is 1.86. The molecule has 0 fully saturated rings. The molecule has 3 rings (SSSR count). The Morgan fingerprint density at radius 3 is 2.84 bits per heavy atom. The summed E-state index contributed by atoms with van der Waals surface area (Å²) in [5.41, 5.74) is 8.80. The quantitative estimate of drug-likeness (QED) is 0.729. The van der Waals surface area contributed by atoms with Gasteiger partial charge in [-0.1, -0.05) is 15.9 Å². The zero-order chi connectivity index (χ0) is 13.4. The zero-order valence-corrected chi connectivity index (χ0v) is 11.8. The molecule has 96 valence electrons. The van der Waals surface area contributed by atoms with Gasteiger partial charge in [0.15, 0.2) is 5.58 Å². The largest absolute Gasteiger partial charge is 0.497 e. The van der Waals surface area contributed by atoms with E-state index < -0.39 is 0 Å². The Balaban J connectivity index is 2.17. The number of fused-ring (bicyclic) bond motifs is 1. The van der Waals surface area contributed by atoms with Crippen LogP contribution in [0.25, 0.3) is 22.6 Å². The summed E-state index contributed by atoms with van der Waals surface area (Å²) in [5, 5.41) is 0. The molecule has 1 aromatic heterocycles. The van der Waals surface area contributed by atoms with Crippen LogP contribution in [0.4, 0.5) is 5.69 Å². The van der Waals surface area contributed by atoms with Gasteiger partial charge >= 0.3 is 0 Å². The molecule has 3 aromatic rings. The van der Waals surface area contributed by atoms with Crippen molar-refractivity contribution in [3.63, 3.8) is 0 Å². The number of methoxy groups -OCH3 is 1. The first kappa shape index (κ1) is 12.0. The molecule has 0 saturated carbocycles. The summed E-state index contributed by atoms with van der Waals surface area (Å²) in [6, 6.07) is 11.1. The summed E-state index contributed by atoms with van der Waals surface area (Å²) in [6.45, 7) is 0. The minimum Gasteiger partial charge on any atom is -0.497 e. The van der Waals surface area contributed by atoms with E-state index in [4.69, 9.17) is 14.9 Å². The van der Waals surface area contributed by atoms with Crippen molar-refractivity contribution in [2.45, 2.75) is 0 Å². The number of oxazole rings is 1. The van der Waals surface area contributed by atoms with Gasteiger partial charge < -0.3 is 14.9 Å². The normalized spacial score (nSPS) is 10.8. The number of aromatic nitrogens is 1. The van der Waals surface area contributed by atoms with Crippen molar-refractivity contribution in [3.05, 3.63) is 40.9 Å². The van der Waals surface area contributed by atoms with Gasteiger partial charge in [-0.3, -0.25) is 0 Å². The topological polar surface area (TPSA) is 61.3 Å². The number of hydrogen-bond donors (Lipinski definition) is 1. The third kappa shape index (κ3) is 2.17. The highest BCUT2D eigenvalue weighted by molar-refractivity contribution is 9.10. The van der Waals surface area contributed by atoms with Crippen molar-refractivity contribution < 1.29 is 9.15 Å². The molecule has 19 heavy (non-hydrogen) atoms. The lowest BCUT2D eigenvalue weighted by molar-refractivity contribution is 0.415. The van der Waals surface area contributed by atoms with E-state index in [1.165, 1.54) is 0 Å². The molecular weight excluding hydrogens is 308 g/mol. The second-order valence-electron chi connectivity index (χ2n) is 4.08. The highest BCUT2D eigenvalue weighted by Gasteiger charge is 2.12. The lowest BCUT2D eigenvalue weighted by Crippen LogP contribution is -1.89. The third-order valence-electron chi connectivity index (χ3n) is 2.84. The number of nitrogens with zero attached hydrogens (tertiary/aromatic N) is 1. The summed E-state index contributed by atoms with van der Waals surface area (Å²) in [7, 11) is 1.62. The van der Waals surface area contributed by atoms with Crippen molar-refractivity contribution in [3.8, 4) is 17.2 Å². The van der Waals surface area contributed by atoms with E-state index in [2.05, 4.69) is 20.9 Å². The summed E-state index contributed by atoms with van der Waals surface area (Å²) >= 11 is 3.42. The molecule has 0 unspecified atom stereocenters. The Labute approximate surface area is 118 Å². The maximum atomic E-state index is 5.95. The highest BCUT2D eigenvalue weighted by atomic mass is 79.9. The van der Waals surface area contributed by atoms with Gasteiger partial charge in [0.05, 0.1) is 12.7 Å². The first-order valence-corrected chi connectivity index (χ1v) is 6.46. The minimum atomic E-state index is 0.502. The summed E-state index contributed by atoms with van der Waals surface area (Å²) in [6.07, 6.45) is 0. The molecule has 0 saturated heterocycles. The van der Waals surface area contributed by atoms with Crippen LogP contribution in [0.3, 0.4) is 0 Å². The maximum Gasteiger partial charge on any atom is 0.229 e. The van der Waals surface area contributed by atoms with Crippen LogP contribution in [0.15, 0.2) is 45.3 Å². The number of halogens is 1. The number of ether oxygens (including phenoxy) is 1. The van der Waals surface area contributed by atoms with E-state index in [9.17, 15) is 0 Å². The lowest BCUT2D eigenvalue weighted by Gasteiger charge is -2.01. The summed E-state index contributed by atoms with van der Waals surface area (Å²) < 4.78 is 11.8. The smallest absolute Gasteiger partial charge is 0.229 e. The van der Waals surface area contributed by atoms with Crippen LogP contribution in [0, 0.1) is 0 Å². The van der Waals surface area contributed by atoms with Crippen molar-refractivity contribution in [2.75, 3.05) is 12.8 Å². The third-order valence-corrected chi connectivity index (χ3v) is 3.33. The standard InChI is InChI=1S/C14H11BrN2O2/c1-18-9-3-5-13-12(7-9)17-14(19-13)10-6-8(15)2-4-11(10)16/h2-7H,16H2,1H3. The first-order chi connectivity index (χ1) is 9.17. The van der Waals surface area contributed by atoms with Gasteiger partial charge in [-0.05, 0) is 30.3 Å².